The van der Waals surface area contributed by atoms with Crippen LogP contribution in [0.3, 0.4) is 0 Å². The molecule has 0 radical (unpaired) electrons. The monoisotopic (exact) mass is 416 g/mol. The molecule has 0 aliphatic rings. The second kappa shape index (κ2) is 6.13. The maximum atomic E-state index is 6.80. The maximum Gasteiger partial charge on any atom is 0.0719 e. The fraction of sp³-hybridized carbons (Fsp3) is 0. The molecule has 3 heteroatoms. The summed E-state index contributed by atoms with van der Waals surface area (Å²) in [6, 6.07) is 31.9. The van der Waals surface area contributed by atoms with Crippen molar-refractivity contribution in [3.05, 3.63) is 102 Å². The van der Waals surface area contributed by atoms with Gasteiger partial charge in [-0.15, -0.1) is 0 Å². The number of hydrogen-bond acceptors (Lipinski definition) is 1. The topological polar surface area (TPSA) is 16.4 Å². The Kier molecular flexibility index (Phi) is 3.36. The van der Waals surface area contributed by atoms with Gasteiger partial charge in [0.25, 0.3) is 0 Å². The van der Waals surface area contributed by atoms with E-state index in [9.17, 15) is 0 Å². The van der Waals surface area contributed by atoms with Crippen LogP contribution in [0.25, 0.3) is 48.7 Å². The number of halogens is 1. The third-order valence-electron chi connectivity index (χ3n) is 6.38. The van der Waals surface area contributed by atoms with Crippen molar-refractivity contribution in [3.63, 3.8) is 0 Å². The van der Waals surface area contributed by atoms with Gasteiger partial charge in [-0.05, 0) is 34.4 Å². The Bertz CT molecular complexity index is 1760. The molecule has 0 bridgehead atoms. The zero-order valence-electron chi connectivity index (χ0n) is 16.6. The van der Waals surface area contributed by atoms with Crippen molar-refractivity contribution >= 4 is 71.7 Å². The average Bonchev–Trinajstić information content (AvgIpc) is 3.33. The van der Waals surface area contributed by atoms with Crippen LogP contribution in [0.1, 0.15) is 0 Å². The van der Waals surface area contributed by atoms with E-state index in [0.717, 1.165) is 27.2 Å². The number of nitrogens with zero attached hydrogens (tertiary/aromatic N) is 1. The zero-order valence-corrected chi connectivity index (χ0v) is 17.3. The van der Waals surface area contributed by atoms with E-state index in [1.807, 2.05) is 12.1 Å². The number of nitrogens with one attached hydrogen (secondary N) is 1. The number of benzene rings is 5. The van der Waals surface area contributed by atoms with Crippen molar-refractivity contribution in [2.24, 2.45) is 0 Å². The van der Waals surface area contributed by atoms with Gasteiger partial charge in [0.2, 0.25) is 0 Å². The van der Waals surface area contributed by atoms with Gasteiger partial charge in [-0.2, -0.15) is 0 Å². The van der Waals surface area contributed by atoms with Crippen molar-refractivity contribution in [2.45, 2.75) is 0 Å². The highest BCUT2D eigenvalue weighted by atomic mass is 35.5. The molecule has 0 amide bonds. The fourth-order valence-electron chi connectivity index (χ4n) is 4.99. The highest BCUT2D eigenvalue weighted by Crippen LogP contribution is 2.43. The minimum absolute atomic E-state index is 0.748. The van der Waals surface area contributed by atoms with Crippen LogP contribution in [-0.2, 0) is 0 Å². The lowest BCUT2D eigenvalue weighted by Gasteiger charge is -2.11. The van der Waals surface area contributed by atoms with Crippen LogP contribution in [0, 0.1) is 0 Å². The lowest BCUT2D eigenvalue weighted by atomic mass is 10.0. The Morgan fingerprint density at radius 3 is 2.19 bits per heavy atom. The normalized spacial score (nSPS) is 12.0. The quantitative estimate of drug-likeness (QED) is 0.299. The third kappa shape index (κ3) is 2.28. The summed E-state index contributed by atoms with van der Waals surface area (Å²) in [6.07, 6.45) is 2.20. The first-order valence-electron chi connectivity index (χ1n) is 10.4. The largest absolute Gasteiger partial charge is 0.353 e. The number of anilines is 2. The number of rotatable bonds is 2. The third-order valence-corrected chi connectivity index (χ3v) is 6.78. The summed E-state index contributed by atoms with van der Waals surface area (Å²) in [5.74, 6) is 0. The smallest absolute Gasteiger partial charge is 0.0719 e. The van der Waals surface area contributed by atoms with Gasteiger partial charge >= 0.3 is 0 Å². The Labute approximate surface area is 183 Å². The molecule has 0 unspecified atom stereocenters. The van der Waals surface area contributed by atoms with Crippen LogP contribution >= 0.6 is 11.6 Å². The predicted molar refractivity (Wildman–Crippen MR) is 133 cm³/mol. The summed E-state index contributed by atoms with van der Waals surface area (Å²) in [5.41, 5.74) is 4.45. The second-order valence-corrected chi connectivity index (χ2v) is 8.45. The molecular formula is C28H17ClN2. The molecule has 7 rings (SSSR count). The minimum atomic E-state index is 0.748. The van der Waals surface area contributed by atoms with Crippen LogP contribution in [0.2, 0.25) is 5.02 Å². The Morgan fingerprint density at radius 1 is 0.613 bits per heavy atom. The van der Waals surface area contributed by atoms with E-state index >= 15 is 0 Å². The molecule has 5 aromatic carbocycles. The van der Waals surface area contributed by atoms with E-state index in [1.165, 1.54) is 38.0 Å². The molecule has 2 nitrogen and oxygen atoms in total. The molecule has 0 fully saturated rings. The SMILES string of the molecule is Clc1c(Nc2cn3c4ccccc4c4c5ccccc5cc2c43)ccc2ccccc12. The number of para-hydroxylation sites is 1. The van der Waals surface area contributed by atoms with Crippen molar-refractivity contribution in [3.8, 4) is 0 Å². The fourth-order valence-corrected chi connectivity index (χ4v) is 5.27. The summed E-state index contributed by atoms with van der Waals surface area (Å²) in [4.78, 5) is 0. The van der Waals surface area contributed by atoms with Crippen LogP contribution in [0.15, 0.2) is 97.2 Å². The molecule has 0 saturated heterocycles. The van der Waals surface area contributed by atoms with Crippen molar-refractivity contribution in [1.82, 2.24) is 4.40 Å². The summed E-state index contributed by atoms with van der Waals surface area (Å²) in [7, 11) is 0. The van der Waals surface area contributed by atoms with E-state index in [-0.39, 0.29) is 0 Å². The Morgan fingerprint density at radius 2 is 1.32 bits per heavy atom. The lowest BCUT2D eigenvalue weighted by molar-refractivity contribution is 1.30. The van der Waals surface area contributed by atoms with Crippen molar-refractivity contribution in [1.29, 1.82) is 0 Å². The summed E-state index contributed by atoms with van der Waals surface area (Å²) in [5, 5.41) is 12.9. The number of aromatic nitrogens is 1. The van der Waals surface area contributed by atoms with Crippen molar-refractivity contribution in [2.75, 3.05) is 5.32 Å². The van der Waals surface area contributed by atoms with Crippen LogP contribution in [0.5, 0.6) is 0 Å². The standard InChI is InChI=1S/C28H17ClN2/c29-27-20-10-4-1-7-17(20)13-14-23(27)30-24-16-31-25-12-6-5-11-21(25)26-19-9-3-2-8-18(19)15-22(24)28(26)31/h1-16,30H. The van der Waals surface area contributed by atoms with Gasteiger partial charge in [-0.25, -0.2) is 0 Å². The summed E-state index contributed by atoms with van der Waals surface area (Å²) in [6.45, 7) is 0. The Hall–Kier alpha value is -3.75. The summed E-state index contributed by atoms with van der Waals surface area (Å²) >= 11 is 6.80. The lowest BCUT2D eigenvalue weighted by Crippen LogP contribution is -1.91. The van der Waals surface area contributed by atoms with E-state index < -0.39 is 0 Å². The second-order valence-electron chi connectivity index (χ2n) is 8.07. The van der Waals surface area contributed by atoms with Gasteiger partial charge in [0.05, 0.1) is 27.4 Å². The highest BCUT2D eigenvalue weighted by Gasteiger charge is 2.19. The molecule has 0 atom stereocenters. The van der Waals surface area contributed by atoms with Gasteiger partial charge in [0, 0.05) is 27.7 Å². The molecule has 7 aromatic rings. The van der Waals surface area contributed by atoms with E-state index in [0.29, 0.717) is 0 Å². The first-order valence-corrected chi connectivity index (χ1v) is 10.8. The zero-order chi connectivity index (χ0) is 20.5. The molecule has 0 aliphatic carbocycles. The maximum absolute atomic E-state index is 6.80. The number of fused-ring (bicyclic) bond motifs is 6. The molecule has 2 aromatic heterocycles. The molecule has 1 N–H and O–H groups in total. The van der Waals surface area contributed by atoms with Crippen LogP contribution in [0.4, 0.5) is 11.4 Å². The van der Waals surface area contributed by atoms with Gasteiger partial charge in [-0.3, -0.25) is 0 Å². The van der Waals surface area contributed by atoms with Crippen molar-refractivity contribution < 1.29 is 0 Å². The molecule has 0 aliphatic heterocycles. The van der Waals surface area contributed by atoms with Gasteiger partial charge in [-0.1, -0.05) is 84.4 Å². The number of hydrogen-bond donors (Lipinski definition) is 1. The van der Waals surface area contributed by atoms with Gasteiger partial charge < -0.3 is 9.72 Å². The predicted octanol–water partition coefficient (Wildman–Crippen LogP) is 8.39. The Balaban J connectivity index is 1.55. The van der Waals surface area contributed by atoms with E-state index in [4.69, 9.17) is 11.6 Å². The first-order chi connectivity index (χ1) is 15.3. The van der Waals surface area contributed by atoms with Gasteiger partial charge in [0.15, 0.2) is 0 Å². The average molecular weight is 417 g/mol. The van der Waals surface area contributed by atoms with E-state index in [1.54, 1.807) is 0 Å². The molecule has 2 heterocycles. The molecule has 0 saturated carbocycles. The highest BCUT2D eigenvalue weighted by molar-refractivity contribution is 6.38. The molecular weight excluding hydrogens is 400 g/mol. The van der Waals surface area contributed by atoms with E-state index in [2.05, 4.69) is 94.8 Å². The minimum Gasteiger partial charge on any atom is -0.353 e. The first kappa shape index (κ1) is 17.0. The molecule has 0 spiro atoms. The van der Waals surface area contributed by atoms with Gasteiger partial charge in [0.1, 0.15) is 0 Å². The summed E-state index contributed by atoms with van der Waals surface area (Å²) < 4.78 is 2.31. The molecule has 146 valence electrons. The molecule has 31 heavy (non-hydrogen) atoms. The van der Waals surface area contributed by atoms with Crippen LogP contribution in [-0.4, -0.2) is 4.40 Å². The van der Waals surface area contributed by atoms with Crippen LogP contribution < -0.4 is 5.32 Å².